The summed E-state index contributed by atoms with van der Waals surface area (Å²) >= 11 is 1.50. The SMILES string of the molecule is FC1CCN(Cc2ccc(Nc3ncc(-c4ccnc(OC5CCOCC5)n4)s3)nc2)CC1. The molecule has 2 saturated heterocycles. The van der Waals surface area contributed by atoms with Crippen molar-refractivity contribution >= 4 is 22.3 Å². The Kier molecular flexibility index (Phi) is 7.03. The van der Waals surface area contributed by atoms with Gasteiger partial charge >= 0.3 is 6.01 Å². The van der Waals surface area contributed by atoms with Crippen molar-refractivity contribution in [2.75, 3.05) is 31.6 Å². The Labute approximate surface area is 196 Å². The van der Waals surface area contributed by atoms with E-state index in [-0.39, 0.29) is 6.10 Å². The number of hydrogen-bond acceptors (Lipinski definition) is 9. The maximum absolute atomic E-state index is 13.3. The highest BCUT2D eigenvalue weighted by Crippen LogP contribution is 2.30. The molecule has 8 nitrogen and oxygen atoms in total. The second kappa shape index (κ2) is 10.5. The van der Waals surface area contributed by atoms with Crippen LogP contribution in [0.1, 0.15) is 31.2 Å². The number of ether oxygens (including phenoxy) is 2. The molecule has 1 N–H and O–H groups in total. The van der Waals surface area contributed by atoms with Crippen molar-refractivity contribution in [3.63, 3.8) is 0 Å². The lowest BCUT2D eigenvalue weighted by Crippen LogP contribution is -2.33. The van der Waals surface area contributed by atoms with Crippen LogP contribution in [0.25, 0.3) is 10.6 Å². The minimum absolute atomic E-state index is 0.0947. The molecule has 5 rings (SSSR count). The fraction of sp³-hybridized carbons (Fsp3) is 0.478. The first-order valence-electron chi connectivity index (χ1n) is 11.3. The first-order chi connectivity index (χ1) is 16.2. The minimum Gasteiger partial charge on any atom is -0.460 e. The van der Waals surface area contributed by atoms with Crippen molar-refractivity contribution in [3.05, 3.63) is 42.4 Å². The van der Waals surface area contributed by atoms with Gasteiger partial charge in [0.05, 0.1) is 23.8 Å². The van der Waals surface area contributed by atoms with E-state index in [1.807, 2.05) is 18.3 Å². The Balaban J connectivity index is 1.18. The van der Waals surface area contributed by atoms with Gasteiger partial charge in [-0.25, -0.2) is 19.3 Å². The van der Waals surface area contributed by atoms with E-state index in [9.17, 15) is 4.39 Å². The summed E-state index contributed by atoms with van der Waals surface area (Å²) in [5, 5.41) is 3.99. The maximum Gasteiger partial charge on any atom is 0.317 e. The van der Waals surface area contributed by atoms with Crippen molar-refractivity contribution in [1.29, 1.82) is 0 Å². The van der Waals surface area contributed by atoms with Crippen molar-refractivity contribution in [2.24, 2.45) is 0 Å². The predicted molar refractivity (Wildman–Crippen MR) is 125 cm³/mol. The number of nitrogens with zero attached hydrogens (tertiary/aromatic N) is 5. The number of nitrogens with one attached hydrogen (secondary N) is 1. The Bertz CT molecular complexity index is 1040. The van der Waals surface area contributed by atoms with Gasteiger partial charge in [0.1, 0.15) is 18.1 Å². The zero-order chi connectivity index (χ0) is 22.5. The number of likely N-dealkylation sites (tertiary alicyclic amines) is 1. The van der Waals surface area contributed by atoms with Crippen LogP contribution in [0.15, 0.2) is 36.8 Å². The quantitative estimate of drug-likeness (QED) is 0.549. The molecule has 0 unspecified atom stereocenters. The van der Waals surface area contributed by atoms with Crippen LogP contribution in [0.4, 0.5) is 15.3 Å². The summed E-state index contributed by atoms with van der Waals surface area (Å²) < 4.78 is 24.6. The lowest BCUT2D eigenvalue weighted by atomic mass is 10.1. The summed E-state index contributed by atoms with van der Waals surface area (Å²) in [5.41, 5.74) is 1.90. The summed E-state index contributed by atoms with van der Waals surface area (Å²) in [7, 11) is 0. The maximum atomic E-state index is 13.3. The second-order valence-electron chi connectivity index (χ2n) is 8.31. The summed E-state index contributed by atoms with van der Waals surface area (Å²) in [6.45, 7) is 3.82. The highest BCUT2D eigenvalue weighted by Gasteiger charge is 2.19. The van der Waals surface area contributed by atoms with E-state index < -0.39 is 6.17 Å². The third-order valence-electron chi connectivity index (χ3n) is 5.82. The number of piperidine rings is 1. The predicted octanol–water partition coefficient (Wildman–Crippen LogP) is 4.23. The van der Waals surface area contributed by atoms with Gasteiger partial charge in [0.15, 0.2) is 5.13 Å². The Morgan fingerprint density at radius 1 is 1.06 bits per heavy atom. The molecule has 0 aliphatic carbocycles. The minimum atomic E-state index is -0.650. The van der Waals surface area contributed by atoms with Gasteiger partial charge in [-0.15, -0.1) is 0 Å². The second-order valence-corrected chi connectivity index (χ2v) is 9.34. The normalized spacial score (nSPS) is 18.3. The molecular weight excluding hydrogens is 443 g/mol. The van der Waals surface area contributed by atoms with E-state index in [4.69, 9.17) is 9.47 Å². The molecule has 2 aliphatic rings. The van der Waals surface area contributed by atoms with E-state index in [1.165, 1.54) is 11.3 Å². The van der Waals surface area contributed by atoms with Gasteiger partial charge in [0.25, 0.3) is 0 Å². The molecule has 3 aromatic rings. The molecule has 5 heterocycles. The molecule has 0 radical (unpaired) electrons. The lowest BCUT2D eigenvalue weighted by molar-refractivity contribution is 0.0217. The van der Waals surface area contributed by atoms with Crippen LogP contribution in [-0.4, -0.2) is 63.4 Å². The van der Waals surface area contributed by atoms with Gasteiger partial charge in [-0.3, -0.25) is 4.90 Å². The first kappa shape index (κ1) is 22.1. The van der Waals surface area contributed by atoms with Crippen molar-refractivity contribution in [3.8, 4) is 16.6 Å². The third kappa shape index (κ3) is 6.01. The molecule has 3 aromatic heterocycles. The smallest absolute Gasteiger partial charge is 0.317 e. The average Bonchev–Trinajstić information content (AvgIpc) is 3.31. The number of halogens is 1. The largest absolute Gasteiger partial charge is 0.460 e. The molecule has 33 heavy (non-hydrogen) atoms. The van der Waals surface area contributed by atoms with Gasteiger partial charge < -0.3 is 14.8 Å². The number of thiazole rings is 1. The monoisotopic (exact) mass is 470 g/mol. The number of anilines is 2. The van der Waals surface area contributed by atoms with E-state index in [0.717, 1.165) is 59.6 Å². The number of rotatable bonds is 7. The Morgan fingerprint density at radius 2 is 1.91 bits per heavy atom. The zero-order valence-electron chi connectivity index (χ0n) is 18.3. The van der Waals surface area contributed by atoms with Crippen LogP contribution in [-0.2, 0) is 11.3 Å². The first-order valence-corrected chi connectivity index (χ1v) is 12.1. The molecule has 2 aliphatic heterocycles. The molecule has 0 aromatic carbocycles. The lowest BCUT2D eigenvalue weighted by Gasteiger charge is -2.28. The van der Waals surface area contributed by atoms with Crippen molar-refractivity contribution in [1.82, 2.24) is 24.8 Å². The summed E-state index contributed by atoms with van der Waals surface area (Å²) in [4.78, 5) is 21.0. The van der Waals surface area contributed by atoms with Gasteiger partial charge in [0.2, 0.25) is 0 Å². The Morgan fingerprint density at radius 3 is 2.70 bits per heavy atom. The molecule has 0 atom stereocenters. The standard InChI is InChI=1S/C23H27FN6O2S/c24-17-4-9-30(10-5-17)15-16-1-2-21(26-13-16)29-23-27-14-20(33-23)19-3-8-25-22(28-19)32-18-6-11-31-12-7-18/h1-3,8,13-14,17-18H,4-7,9-12,15H2,(H,26,27,29). The summed E-state index contributed by atoms with van der Waals surface area (Å²) in [6, 6.07) is 6.24. The molecule has 0 spiro atoms. The highest BCUT2D eigenvalue weighted by atomic mass is 32.1. The Hall–Kier alpha value is -2.69. The molecule has 0 saturated carbocycles. The number of alkyl halides is 1. The van der Waals surface area contributed by atoms with E-state index in [2.05, 4.69) is 36.2 Å². The van der Waals surface area contributed by atoms with Crippen LogP contribution in [0.2, 0.25) is 0 Å². The molecule has 0 bridgehead atoms. The van der Waals surface area contributed by atoms with Crippen LogP contribution >= 0.6 is 11.3 Å². The molecule has 10 heteroatoms. The summed E-state index contributed by atoms with van der Waals surface area (Å²) in [6.07, 6.45) is 7.75. The zero-order valence-corrected chi connectivity index (χ0v) is 19.1. The third-order valence-corrected chi connectivity index (χ3v) is 6.75. The number of pyridine rings is 1. The number of hydrogen-bond donors (Lipinski definition) is 1. The topological polar surface area (TPSA) is 85.3 Å². The van der Waals surface area contributed by atoms with Gasteiger partial charge in [-0.2, -0.15) is 4.98 Å². The molecular formula is C23H27FN6O2S. The molecule has 174 valence electrons. The highest BCUT2D eigenvalue weighted by molar-refractivity contribution is 7.18. The van der Waals surface area contributed by atoms with Gasteiger partial charge in [-0.1, -0.05) is 17.4 Å². The average molecular weight is 471 g/mol. The van der Waals surface area contributed by atoms with Crippen LogP contribution in [0, 0.1) is 0 Å². The van der Waals surface area contributed by atoms with Gasteiger partial charge in [0, 0.05) is 51.1 Å². The van der Waals surface area contributed by atoms with E-state index >= 15 is 0 Å². The summed E-state index contributed by atoms with van der Waals surface area (Å²) in [5.74, 6) is 0.730. The van der Waals surface area contributed by atoms with E-state index in [0.29, 0.717) is 32.1 Å². The van der Waals surface area contributed by atoms with Crippen LogP contribution in [0.3, 0.4) is 0 Å². The van der Waals surface area contributed by atoms with Crippen LogP contribution in [0.5, 0.6) is 6.01 Å². The number of aromatic nitrogens is 4. The fourth-order valence-corrected chi connectivity index (χ4v) is 4.74. The molecule has 2 fully saturated rings. The molecule has 0 amide bonds. The fourth-order valence-electron chi connectivity index (χ4n) is 3.95. The van der Waals surface area contributed by atoms with Crippen molar-refractivity contribution in [2.45, 2.75) is 44.5 Å². The van der Waals surface area contributed by atoms with E-state index in [1.54, 1.807) is 12.4 Å². The van der Waals surface area contributed by atoms with Gasteiger partial charge in [-0.05, 0) is 30.5 Å². The van der Waals surface area contributed by atoms with Crippen molar-refractivity contribution < 1.29 is 13.9 Å². The van der Waals surface area contributed by atoms with Crippen LogP contribution < -0.4 is 10.1 Å².